The number of hydrogen-bond acceptors (Lipinski definition) is 10. The van der Waals surface area contributed by atoms with Crippen LogP contribution in [0.3, 0.4) is 0 Å². The lowest BCUT2D eigenvalue weighted by Crippen LogP contribution is -2.56. The number of piperidine rings is 2. The number of nitrogens with one attached hydrogen (secondary N) is 2. The molecule has 4 aliphatic heterocycles. The minimum absolute atomic E-state index is 0.0635. The van der Waals surface area contributed by atoms with Crippen molar-refractivity contribution in [2.75, 3.05) is 45.9 Å². The quantitative estimate of drug-likeness (QED) is 0.181. The van der Waals surface area contributed by atoms with Gasteiger partial charge in [0.05, 0.1) is 36.8 Å². The lowest BCUT2D eigenvalue weighted by atomic mass is 9.68. The average molecular weight is 808 g/mol. The number of hydrogen-bond donors (Lipinski definition) is 3. The molecule has 324 valence electrons. The number of rotatable bonds is 12. The van der Waals surface area contributed by atoms with Gasteiger partial charge in [0, 0.05) is 51.7 Å². The topological polar surface area (TPSA) is 141 Å². The summed E-state index contributed by atoms with van der Waals surface area (Å²) in [6.07, 6.45) is 22.1. The summed E-state index contributed by atoms with van der Waals surface area (Å²) in [5.74, 6) is -0.0659. The van der Waals surface area contributed by atoms with Gasteiger partial charge in [-0.3, -0.25) is 44.5 Å². The molecule has 0 radical (unpaired) electrons. The van der Waals surface area contributed by atoms with E-state index in [1.807, 2.05) is 11.1 Å². The molecule has 4 aliphatic carbocycles. The van der Waals surface area contributed by atoms with Gasteiger partial charge in [-0.25, -0.2) is 0 Å². The highest BCUT2D eigenvalue weighted by Gasteiger charge is 2.54. The van der Waals surface area contributed by atoms with Crippen LogP contribution in [0.25, 0.3) is 0 Å². The van der Waals surface area contributed by atoms with Gasteiger partial charge in [0.1, 0.15) is 12.3 Å². The first-order valence-electron chi connectivity index (χ1n) is 23.8. The first-order valence-corrected chi connectivity index (χ1v) is 23.8. The maximum atomic E-state index is 13.3. The monoisotopic (exact) mass is 808 g/mol. The van der Waals surface area contributed by atoms with Gasteiger partial charge in [-0.2, -0.15) is 0 Å². The molecule has 4 saturated carbocycles. The van der Waals surface area contributed by atoms with Crippen molar-refractivity contribution in [1.29, 1.82) is 0 Å². The lowest BCUT2D eigenvalue weighted by molar-refractivity contribution is -0.151. The minimum Gasteiger partial charge on any atom is -0.393 e. The molecule has 12 heteroatoms. The Balaban J connectivity index is 0.726. The number of allylic oxidation sites excluding steroid dienone is 2. The zero-order valence-electron chi connectivity index (χ0n) is 35.4. The van der Waals surface area contributed by atoms with Crippen LogP contribution in [-0.2, 0) is 28.7 Å². The van der Waals surface area contributed by atoms with Gasteiger partial charge in [0.25, 0.3) is 0 Å². The number of nitrogens with zero attached hydrogens (tertiary/aromatic N) is 3. The number of carbonyl (C=O) groups excluding carboxylic acids is 4. The molecule has 8 fully saturated rings. The van der Waals surface area contributed by atoms with Crippen LogP contribution in [0.2, 0.25) is 0 Å². The van der Waals surface area contributed by atoms with Crippen LogP contribution in [0.1, 0.15) is 142 Å². The molecule has 0 spiro atoms. The highest BCUT2D eigenvalue weighted by Crippen LogP contribution is 2.46. The fourth-order valence-corrected chi connectivity index (χ4v) is 12.7. The number of piperazine rings is 1. The highest BCUT2D eigenvalue weighted by atomic mass is 16.5. The van der Waals surface area contributed by atoms with Crippen molar-refractivity contribution >= 4 is 23.6 Å². The fraction of sp³-hybridized carbons (Fsp3) is 0.870. The largest absolute Gasteiger partial charge is 0.393 e. The summed E-state index contributed by atoms with van der Waals surface area (Å²) in [6, 6.07) is -0.328. The molecule has 3 N–H and O–H groups in total. The molecule has 6 unspecified atom stereocenters. The van der Waals surface area contributed by atoms with Gasteiger partial charge in [-0.15, -0.1) is 0 Å². The first kappa shape index (κ1) is 42.5. The van der Waals surface area contributed by atoms with Gasteiger partial charge in [-0.1, -0.05) is 37.3 Å². The normalized spacial score (nSPS) is 38.1. The van der Waals surface area contributed by atoms with Crippen LogP contribution in [0, 0.1) is 29.6 Å². The molecule has 0 aromatic carbocycles. The number of aliphatic hydroxyl groups is 1. The maximum Gasteiger partial charge on any atom is 0.249 e. The van der Waals surface area contributed by atoms with E-state index in [2.05, 4.69) is 27.4 Å². The summed E-state index contributed by atoms with van der Waals surface area (Å²) < 4.78 is 13.1. The van der Waals surface area contributed by atoms with E-state index in [-0.39, 0.29) is 54.9 Å². The van der Waals surface area contributed by atoms with E-state index in [1.54, 1.807) is 0 Å². The standard InChI is InChI=1S/C46H73N5O7/c1-2-37(30-6-4-3-5-7-30)43(31-8-13-34(52)14-9-31)32-10-15-35(16-11-32)58-42-21-12-33(29-47-42)50-24-22-49(23-25-50)26-27-57-36-17-18-38-39(28-36)46(56)51(45(38)55)40-19-20-41(53)48-44(40)54/h30-36,38-40,42,47,52H,2-29H2,1H3,(H,48,53,54)/b43-37-. The summed E-state index contributed by atoms with van der Waals surface area (Å²) >= 11 is 0. The number of amides is 4. The molecule has 8 rings (SSSR count). The van der Waals surface area contributed by atoms with E-state index < -0.39 is 17.9 Å². The zero-order chi connectivity index (χ0) is 40.2. The minimum atomic E-state index is -0.874. The Morgan fingerprint density at radius 3 is 2.09 bits per heavy atom. The molecule has 4 saturated heterocycles. The van der Waals surface area contributed by atoms with Gasteiger partial charge >= 0.3 is 0 Å². The maximum absolute atomic E-state index is 13.3. The zero-order valence-corrected chi connectivity index (χ0v) is 35.4. The Hall–Kier alpha value is -2.22. The van der Waals surface area contributed by atoms with E-state index >= 15 is 0 Å². The van der Waals surface area contributed by atoms with Crippen molar-refractivity contribution < 1.29 is 33.8 Å². The van der Waals surface area contributed by atoms with Crippen LogP contribution >= 0.6 is 0 Å². The summed E-state index contributed by atoms with van der Waals surface area (Å²) in [6.45, 7) is 9.01. The van der Waals surface area contributed by atoms with Crippen molar-refractivity contribution in [3.05, 3.63) is 11.1 Å². The summed E-state index contributed by atoms with van der Waals surface area (Å²) in [4.78, 5) is 56.8. The fourth-order valence-electron chi connectivity index (χ4n) is 12.7. The van der Waals surface area contributed by atoms with Crippen LogP contribution in [0.5, 0.6) is 0 Å². The van der Waals surface area contributed by atoms with Crippen LogP contribution in [0.4, 0.5) is 0 Å². The molecule has 6 atom stereocenters. The number of carbonyl (C=O) groups is 4. The van der Waals surface area contributed by atoms with Gasteiger partial charge < -0.3 is 14.6 Å². The molecule has 8 aliphatic rings. The molecule has 4 heterocycles. The predicted molar refractivity (Wildman–Crippen MR) is 220 cm³/mol. The van der Waals surface area contributed by atoms with Gasteiger partial charge in [-0.05, 0) is 127 Å². The smallest absolute Gasteiger partial charge is 0.249 e. The summed E-state index contributed by atoms with van der Waals surface area (Å²) in [5.41, 5.74) is 3.66. The van der Waals surface area contributed by atoms with Gasteiger partial charge in [0.2, 0.25) is 23.6 Å². The number of ether oxygens (including phenoxy) is 2. The number of imide groups is 2. The molecule has 0 aromatic rings. The second-order valence-electron chi connectivity index (χ2n) is 19.3. The Morgan fingerprint density at radius 1 is 0.724 bits per heavy atom. The Kier molecular flexibility index (Phi) is 14.4. The van der Waals surface area contributed by atoms with Crippen molar-refractivity contribution in [2.24, 2.45) is 29.6 Å². The van der Waals surface area contributed by atoms with Crippen molar-refractivity contribution in [1.82, 2.24) is 25.3 Å². The van der Waals surface area contributed by atoms with E-state index in [0.29, 0.717) is 43.4 Å². The Morgan fingerprint density at radius 2 is 1.41 bits per heavy atom. The van der Waals surface area contributed by atoms with Crippen molar-refractivity contribution in [2.45, 2.75) is 178 Å². The molecule has 12 nitrogen and oxygen atoms in total. The third-order valence-corrected chi connectivity index (χ3v) is 15.9. The predicted octanol–water partition coefficient (Wildman–Crippen LogP) is 5.07. The van der Waals surface area contributed by atoms with E-state index in [4.69, 9.17) is 9.47 Å². The molecule has 0 aromatic heterocycles. The average Bonchev–Trinajstić information content (AvgIpc) is 3.49. The SMILES string of the molecule is CC/C(=C(\C1CCC(O)CC1)C1CCC(OC2CCC(N3CCN(CCOC4CCC5C(=O)N(C6CCC(=O)NC6=O)C(=O)C5C4)CC3)CN2)CC1)C1CCCCC1. The number of aliphatic hydroxyl groups excluding tert-OH is 1. The molecular weight excluding hydrogens is 735 g/mol. The summed E-state index contributed by atoms with van der Waals surface area (Å²) in [5, 5.41) is 16.4. The van der Waals surface area contributed by atoms with E-state index in [9.17, 15) is 24.3 Å². The van der Waals surface area contributed by atoms with Crippen LogP contribution in [0.15, 0.2) is 11.1 Å². The van der Waals surface area contributed by atoms with Crippen LogP contribution < -0.4 is 10.6 Å². The number of likely N-dealkylation sites (tertiary alicyclic amines) is 1. The second kappa shape index (κ2) is 19.7. The Bertz CT molecular complexity index is 1470. The number of fused-ring (bicyclic) bond motifs is 1. The molecule has 58 heavy (non-hydrogen) atoms. The third kappa shape index (κ3) is 9.78. The summed E-state index contributed by atoms with van der Waals surface area (Å²) in [7, 11) is 0. The van der Waals surface area contributed by atoms with E-state index in [1.165, 1.54) is 83.5 Å². The van der Waals surface area contributed by atoms with Crippen molar-refractivity contribution in [3.8, 4) is 0 Å². The lowest BCUT2D eigenvalue weighted by Gasteiger charge is -2.43. The molecule has 4 amide bonds. The van der Waals surface area contributed by atoms with Crippen LogP contribution in [-0.4, -0.2) is 126 Å². The van der Waals surface area contributed by atoms with Gasteiger partial charge in [0.15, 0.2) is 0 Å². The Labute approximate surface area is 346 Å². The second-order valence-corrected chi connectivity index (χ2v) is 19.3. The molecule has 0 bridgehead atoms. The van der Waals surface area contributed by atoms with Crippen molar-refractivity contribution in [3.63, 3.8) is 0 Å². The highest BCUT2D eigenvalue weighted by molar-refractivity contribution is 6.10. The first-order chi connectivity index (χ1) is 28.2. The molecular formula is C46H73N5O7. The third-order valence-electron chi connectivity index (χ3n) is 15.9. The van der Waals surface area contributed by atoms with E-state index in [0.717, 1.165) is 75.8 Å².